The molecule has 0 aromatic heterocycles. The van der Waals surface area contributed by atoms with Crippen molar-refractivity contribution in [2.45, 2.75) is 6.42 Å². The molecule has 0 atom stereocenters. The summed E-state index contributed by atoms with van der Waals surface area (Å²) in [5.74, 6) is -0.133. The molecule has 4 nitrogen and oxygen atoms in total. The van der Waals surface area contributed by atoms with Crippen molar-refractivity contribution in [3.8, 4) is 5.75 Å². The number of carbonyl (C=O) groups excluding carboxylic acids is 1. The number of nitrogens with two attached hydrogens (primary N) is 2. The van der Waals surface area contributed by atoms with Gasteiger partial charge in [0, 0.05) is 5.69 Å². The Bertz CT molecular complexity index is 359. The fraction of sp³-hybridized carbons (Fsp3) is 0.222. The first-order valence-electron chi connectivity index (χ1n) is 4.16. The largest absolute Gasteiger partial charge is 0.490 e. The van der Waals surface area contributed by atoms with Gasteiger partial charge in [-0.15, -0.1) is 0 Å². The fourth-order valence-corrected chi connectivity index (χ4v) is 1.58. The number of amides is 1. The third-order valence-corrected chi connectivity index (χ3v) is 2.18. The maximum absolute atomic E-state index is 10.5. The van der Waals surface area contributed by atoms with Gasteiger partial charge < -0.3 is 16.2 Å². The van der Waals surface area contributed by atoms with E-state index in [1.165, 1.54) is 12.1 Å². The van der Waals surface area contributed by atoms with Crippen molar-refractivity contribution < 1.29 is 9.53 Å². The quantitative estimate of drug-likeness (QED) is 0.799. The normalized spacial score (nSPS) is 10.0. The topological polar surface area (TPSA) is 78.3 Å². The highest BCUT2D eigenvalue weighted by Crippen LogP contribution is 2.34. The van der Waals surface area contributed by atoms with E-state index < -0.39 is 5.91 Å². The van der Waals surface area contributed by atoms with E-state index >= 15 is 0 Å². The molecule has 1 amide bonds. The van der Waals surface area contributed by atoms with Crippen molar-refractivity contribution in [3.63, 3.8) is 0 Å². The molecule has 0 radical (unpaired) electrons. The van der Waals surface area contributed by atoms with Gasteiger partial charge in [-0.1, -0.05) is 23.2 Å². The van der Waals surface area contributed by atoms with Crippen LogP contribution in [0.25, 0.3) is 0 Å². The van der Waals surface area contributed by atoms with Crippen LogP contribution in [0.3, 0.4) is 0 Å². The zero-order chi connectivity index (χ0) is 11.4. The van der Waals surface area contributed by atoms with Gasteiger partial charge in [-0.3, -0.25) is 4.79 Å². The third kappa shape index (κ3) is 3.49. The van der Waals surface area contributed by atoms with Gasteiger partial charge in [-0.2, -0.15) is 0 Å². The lowest BCUT2D eigenvalue weighted by molar-refractivity contribution is -0.118. The van der Waals surface area contributed by atoms with Crippen LogP contribution in [0.15, 0.2) is 12.1 Å². The molecule has 0 spiro atoms. The molecule has 0 bridgehead atoms. The highest BCUT2D eigenvalue weighted by atomic mass is 35.5. The molecule has 0 aliphatic carbocycles. The number of nitrogen functional groups attached to an aromatic ring is 1. The number of ether oxygens (including phenoxy) is 1. The second-order valence-corrected chi connectivity index (χ2v) is 3.69. The van der Waals surface area contributed by atoms with E-state index in [1.807, 2.05) is 0 Å². The Morgan fingerprint density at radius 3 is 2.33 bits per heavy atom. The molecule has 1 aromatic rings. The summed E-state index contributed by atoms with van der Waals surface area (Å²) in [6.45, 7) is 0.138. The van der Waals surface area contributed by atoms with E-state index in [-0.39, 0.29) is 13.0 Å². The van der Waals surface area contributed by atoms with Gasteiger partial charge in [-0.05, 0) is 12.1 Å². The van der Waals surface area contributed by atoms with E-state index in [4.69, 9.17) is 39.4 Å². The van der Waals surface area contributed by atoms with E-state index in [0.29, 0.717) is 21.5 Å². The minimum Gasteiger partial charge on any atom is -0.490 e. The predicted octanol–water partition coefficient (Wildman–Crippen LogP) is 1.83. The summed E-state index contributed by atoms with van der Waals surface area (Å²) < 4.78 is 5.21. The molecule has 6 heteroatoms. The van der Waals surface area contributed by atoms with Gasteiger partial charge in [0.1, 0.15) is 0 Å². The minimum absolute atomic E-state index is 0.108. The van der Waals surface area contributed by atoms with Crippen molar-refractivity contribution in [1.29, 1.82) is 0 Å². The number of rotatable bonds is 4. The summed E-state index contributed by atoms with van der Waals surface area (Å²) in [6, 6.07) is 3.04. The molecular weight excluding hydrogens is 239 g/mol. The highest BCUT2D eigenvalue weighted by Gasteiger charge is 2.08. The van der Waals surface area contributed by atoms with E-state index in [1.54, 1.807) is 0 Å². The number of primary amides is 1. The summed E-state index contributed by atoms with van der Waals surface area (Å²) in [5, 5.41) is 0.619. The van der Waals surface area contributed by atoms with Crippen LogP contribution >= 0.6 is 23.2 Å². The van der Waals surface area contributed by atoms with Crippen LogP contribution in [0.5, 0.6) is 5.75 Å². The number of hydrogen-bond acceptors (Lipinski definition) is 3. The molecule has 4 N–H and O–H groups in total. The molecule has 1 rings (SSSR count). The van der Waals surface area contributed by atoms with E-state index in [2.05, 4.69) is 0 Å². The molecule has 0 unspecified atom stereocenters. The van der Waals surface area contributed by atoms with Gasteiger partial charge in [0.25, 0.3) is 0 Å². The maximum atomic E-state index is 10.5. The number of anilines is 1. The predicted molar refractivity (Wildman–Crippen MR) is 60.2 cm³/mol. The standard InChI is InChI=1S/C9H10Cl2N2O2/c10-6-3-5(12)4-7(11)9(6)15-2-1-8(13)14/h3-4H,1-2,12H2,(H2,13,14). The van der Waals surface area contributed by atoms with Crippen molar-refractivity contribution in [1.82, 2.24) is 0 Å². The first kappa shape index (κ1) is 11.9. The van der Waals surface area contributed by atoms with Gasteiger partial charge in [0.2, 0.25) is 5.91 Å². The van der Waals surface area contributed by atoms with Gasteiger partial charge in [-0.25, -0.2) is 0 Å². The lowest BCUT2D eigenvalue weighted by Crippen LogP contribution is -2.14. The average Bonchev–Trinajstić information content (AvgIpc) is 2.08. The summed E-state index contributed by atoms with van der Waals surface area (Å²) >= 11 is 11.7. The monoisotopic (exact) mass is 248 g/mol. The second kappa shape index (κ2) is 5.09. The molecule has 0 fully saturated rings. The Morgan fingerprint density at radius 2 is 1.87 bits per heavy atom. The van der Waals surface area contributed by atoms with Gasteiger partial charge in [0.15, 0.2) is 5.75 Å². The zero-order valence-corrected chi connectivity index (χ0v) is 9.31. The molecule has 0 saturated heterocycles. The Balaban J connectivity index is 2.72. The molecule has 0 aliphatic heterocycles. The van der Waals surface area contributed by atoms with Crippen LogP contribution in [-0.2, 0) is 4.79 Å². The third-order valence-electron chi connectivity index (χ3n) is 1.62. The van der Waals surface area contributed by atoms with Gasteiger partial charge >= 0.3 is 0 Å². The van der Waals surface area contributed by atoms with Crippen LogP contribution < -0.4 is 16.2 Å². The second-order valence-electron chi connectivity index (χ2n) is 2.88. The molecule has 0 heterocycles. The number of carbonyl (C=O) groups is 1. The summed E-state index contributed by atoms with van der Waals surface area (Å²) in [6.07, 6.45) is 0.108. The zero-order valence-electron chi connectivity index (χ0n) is 7.80. The smallest absolute Gasteiger partial charge is 0.220 e. The van der Waals surface area contributed by atoms with Crippen molar-refractivity contribution in [3.05, 3.63) is 22.2 Å². The Morgan fingerprint density at radius 1 is 1.33 bits per heavy atom. The molecule has 0 saturated carbocycles. The first-order valence-corrected chi connectivity index (χ1v) is 4.92. The number of benzene rings is 1. The Kier molecular flexibility index (Phi) is 4.05. The van der Waals surface area contributed by atoms with Crippen molar-refractivity contribution in [2.24, 2.45) is 5.73 Å². The number of halogens is 2. The molecule has 1 aromatic carbocycles. The Hall–Kier alpha value is -1.13. The van der Waals surface area contributed by atoms with Crippen molar-refractivity contribution in [2.75, 3.05) is 12.3 Å². The highest BCUT2D eigenvalue weighted by molar-refractivity contribution is 6.37. The van der Waals surface area contributed by atoms with Crippen LogP contribution in [0, 0.1) is 0 Å². The average molecular weight is 249 g/mol. The molecule has 0 aliphatic rings. The van der Waals surface area contributed by atoms with E-state index in [0.717, 1.165) is 0 Å². The lowest BCUT2D eigenvalue weighted by atomic mass is 10.3. The first-order chi connectivity index (χ1) is 7.00. The van der Waals surface area contributed by atoms with Crippen molar-refractivity contribution >= 4 is 34.8 Å². The van der Waals surface area contributed by atoms with Crippen LogP contribution in [-0.4, -0.2) is 12.5 Å². The molecular formula is C9H10Cl2N2O2. The summed E-state index contributed by atoms with van der Waals surface area (Å²) in [5.41, 5.74) is 10.9. The van der Waals surface area contributed by atoms with Crippen LogP contribution in [0.2, 0.25) is 10.0 Å². The summed E-state index contributed by atoms with van der Waals surface area (Å²) in [7, 11) is 0. The summed E-state index contributed by atoms with van der Waals surface area (Å²) in [4.78, 5) is 10.5. The van der Waals surface area contributed by atoms with Crippen LogP contribution in [0.4, 0.5) is 5.69 Å². The molecule has 15 heavy (non-hydrogen) atoms. The lowest BCUT2D eigenvalue weighted by Gasteiger charge is -2.09. The maximum Gasteiger partial charge on any atom is 0.220 e. The SMILES string of the molecule is NC(=O)CCOc1c(Cl)cc(N)cc1Cl. The fourth-order valence-electron chi connectivity index (χ4n) is 0.971. The Labute approximate surface area is 97.1 Å². The van der Waals surface area contributed by atoms with Crippen LogP contribution in [0.1, 0.15) is 6.42 Å². The van der Waals surface area contributed by atoms with E-state index in [9.17, 15) is 4.79 Å². The minimum atomic E-state index is -0.447. The van der Waals surface area contributed by atoms with Gasteiger partial charge in [0.05, 0.1) is 23.1 Å². The number of hydrogen-bond donors (Lipinski definition) is 2. The molecule has 82 valence electrons.